The first-order chi connectivity index (χ1) is 11.5. The number of aromatic amines is 1. The van der Waals surface area contributed by atoms with Crippen LogP contribution in [0.5, 0.6) is 5.75 Å². The van der Waals surface area contributed by atoms with Crippen molar-refractivity contribution in [1.29, 1.82) is 0 Å². The van der Waals surface area contributed by atoms with E-state index >= 15 is 0 Å². The maximum atomic E-state index is 12.3. The van der Waals surface area contributed by atoms with E-state index in [9.17, 15) is 9.59 Å². The molecule has 1 heterocycles. The van der Waals surface area contributed by atoms with Crippen molar-refractivity contribution in [2.45, 2.75) is 40.0 Å². The van der Waals surface area contributed by atoms with E-state index in [1.807, 2.05) is 20.8 Å². The maximum absolute atomic E-state index is 12.3. The number of carbonyl (C=O) groups is 1. The smallest absolute Gasteiger partial charge is 0.254 e. The Morgan fingerprint density at radius 3 is 2.58 bits per heavy atom. The van der Waals surface area contributed by atoms with Crippen molar-refractivity contribution in [1.82, 2.24) is 9.97 Å². The number of amides is 1. The van der Waals surface area contributed by atoms with Crippen molar-refractivity contribution >= 4 is 5.91 Å². The van der Waals surface area contributed by atoms with Gasteiger partial charge >= 0.3 is 0 Å². The topological polar surface area (TPSA) is 98.1 Å². The minimum atomic E-state index is -0.540. The lowest BCUT2D eigenvalue weighted by molar-refractivity contribution is 0.100. The second kappa shape index (κ2) is 7.77. The molecule has 0 spiro atoms. The standard InChI is InChI=1S/C18H23N3O3/c1-4-9-24-15-8-7-11(16(19)22)10-13(15)17-20-14(6-3)12(5-2)18(23)21-17/h7-8,10H,4-6,9H2,1-3H3,(H2,19,22)(H,20,21,23). The van der Waals surface area contributed by atoms with Gasteiger partial charge in [-0.1, -0.05) is 20.8 Å². The molecule has 0 fully saturated rings. The van der Waals surface area contributed by atoms with Crippen molar-refractivity contribution in [3.05, 3.63) is 45.4 Å². The molecule has 0 saturated heterocycles. The van der Waals surface area contributed by atoms with Crippen LogP contribution in [0.15, 0.2) is 23.0 Å². The Balaban J connectivity index is 2.64. The van der Waals surface area contributed by atoms with Gasteiger partial charge < -0.3 is 15.5 Å². The maximum Gasteiger partial charge on any atom is 0.254 e. The minimum Gasteiger partial charge on any atom is -0.493 e. The zero-order chi connectivity index (χ0) is 17.7. The summed E-state index contributed by atoms with van der Waals surface area (Å²) >= 11 is 0. The van der Waals surface area contributed by atoms with Gasteiger partial charge in [0.2, 0.25) is 5.91 Å². The molecule has 1 aromatic heterocycles. The van der Waals surface area contributed by atoms with E-state index in [-0.39, 0.29) is 5.56 Å². The lowest BCUT2D eigenvalue weighted by Gasteiger charge is -2.13. The summed E-state index contributed by atoms with van der Waals surface area (Å²) in [6.45, 7) is 6.41. The number of rotatable bonds is 7. The third-order valence-electron chi connectivity index (χ3n) is 3.77. The van der Waals surface area contributed by atoms with E-state index in [4.69, 9.17) is 10.5 Å². The molecule has 0 aliphatic rings. The highest BCUT2D eigenvalue weighted by atomic mass is 16.5. The van der Waals surface area contributed by atoms with E-state index in [1.54, 1.807) is 18.2 Å². The van der Waals surface area contributed by atoms with Crippen molar-refractivity contribution in [2.75, 3.05) is 6.61 Å². The molecule has 3 N–H and O–H groups in total. The molecule has 1 amide bonds. The van der Waals surface area contributed by atoms with Crippen LogP contribution in [0.25, 0.3) is 11.4 Å². The molecule has 0 aliphatic heterocycles. The number of aromatic nitrogens is 2. The van der Waals surface area contributed by atoms with Gasteiger partial charge in [0.25, 0.3) is 5.56 Å². The molecule has 0 radical (unpaired) electrons. The number of nitrogens with zero attached hydrogens (tertiary/aromatic N) is 1. The highest BCUT2D eigenvalue weighted by molar-refractivity contribution is 5.94. The van der Waals surface area contributed by atoms with Crippen molar-refractivity contribution < 1.29 is 9.53 Å². The summed E-state index contributed by atoms with van der Waals surface area (Å²) < 4.78 is 5.73. The molecule has 0 bridgehead atoms. The summed E-state index contributed by atoms with van der Waals surface area (Å²) in [5, 5.41) is 0. The summed E-state index contributed by atoms with van der Waals surface area (Å²) in [6.07, 6.45) is 2.11. The quantitative estimate of drug-likeness (QED) is 0.815. The molecule has 0 saturated carbocycles. The van der Waals surface area contributed by atoms with E-state index in [0.29, 0.717) is 47.7 Å². The lowest BCUT2D eigenvalue weighted by Crippen LogP contribution is -2.18. The summed E-state index contributed by atoms with van der Waals surface area (Å²) in [4.78, 5) is 31.2. The van der Waals surface area contributed by atoms with Crippen LogP contribution in [-0.4, -0.2) is 22.5 Å². The van der Waals surface area contributed by atoms with E-state index < -0.39 is 5.91 Å². The first kappa shape index (κ1) is 17.7. The number of hydrogen-bond donors (Lipinski definition) is 2. The zero-order valence-corrected chi connectivity index (χ0v) is 14.3. The number of carbonyl (C=O) groups excluding carboxylic acids is 1. The van der Waals surface area contributed by atoms with Gasteiger partial charge in [-0.2, -0.15) is 0 Å². The second-order valence-electron chi connectivity index (χ2n) is 5.47. The Hall–Kier alpha value is -2.63. The van der Waals surface area contributed by atoms with Gasteiger partial charge in [-0.05, 0) is 37.5 Å². The van der Waals surface area contributed by atoms with Gasteiger partial charge in [0.1, 0.15) is 11.6 Å². The molecule has 6 heteroatoms. The van der Waals surface area contributed by atoms with E-state index in [1.165, 1.54) is 0 Å². The SMILES string of the molecule is CCCOc1ccc(C(N)=O)cc1-c1nc(CC)c(CC)c(=O)[nH]1. The Labute approximate surface area is 141 Å². The summed E-state index contributed by atoms with van der Waals surface area (Å²) in [5.74, 6) is 0.418. The third kappa shape index (κ3) is 3.64. The van der Waals surface area contributed by atoms with Crippen LogP contribution in [0.1, 0.15) is 48.8 Å². The van der Waals surface area contributed by atoms with Gasteiger partial charge in [-0.3, -0.25) is 9.59 Å². The molecular weight excluding hydrogens is 306 g/mol. The van der Waals surface area contributed by atoms with Crippen molar-refractivity contribution in [3.8, 4) is 17.1 Å². The summed E-state index contributed by atoms with van der Waals surface area (Å²) in [7, 11) is 0. The Bertz CT molecular complexity index is 797. The van der Waals surface area contributed by atoms with Gasteiger partial charge in [0.05, 0.1) is 17.9 Å². The predicted molar refractivity (Wildman–Crippen MR) is 93.4 cm³/mol. The van der Waals surface area contributed by atoms with Crippen LogP contribution in [0.2, 0.25) is 0 Å². The van der Waals surface area contributed by atoms with Crippen LogP contribution in [-0.2, 0) is 12.8 Å². The molecule has 0 unspecified atom stereocenters. The number of ether oxygens (including phenoxy) is 1. The molecule has 2 aromatic rings. The molecule has 2 rings (SSSR count). The zero-order valence-electron chi connectivity index (χ0n) is 14.3. The Kier molecular flexibility index (Phi) is 5.73. The molecular formula is C18H23N3O3. The normalized spacial score (nSPS) is 10.6. The number of aryl methyl sites for hydroxylation is 1. The summed E-state index contributed by atoms with van der Waals surface area (Å²) in [5.41, 5.74) is 7.55. The molecule has 0 aliphatic carbocycles. The first-order valence-corrected chi connectivity index (χ1v) is 8.20. The van der Waals surface area contributed by atoms with Crippen molar-refractivity contribution in [2.24, 2.45) is 5.73 Å². The molecule has 6 nitrogen and oxygen atoms in total. The van der Waals surface area contributed by atoms with E-state index in [0.717, 1.165) is 12.1 Å². The van der Waals surface area contributed by atoms with Crippen LogP contribution >= 0.6 is 0 Å². The molecule has 0 atom stereocenters. The average Bonchev–Trinajstić information content (AvgIpc) is 2.58. The van der Waals surface area contributed by atoms with Gasteiger partial charge in [-0.15, -0.1) is 0 Å². The number of hydrogen-bond acceptors (Lipinski definition) is 4. The Morgan fingerprint density at radius 1 is 1.25 bits per heavy atom. The average molecular weight is 329 g/mol. The third-order valence-corrected chi connectivity index (χ3v) is 3.77. The fraction of sp³-hybridized carbons (Fsp3) is 0.389. The Morgan fingerprint density at radius 2 is 2.00 bits per heavy atom. The number of primary amides is 1. The van der Waals surface area contributed by atoms with E-state index in [2.05, 4.69) is 9.97 Å². The van der Waals surface area contributed by atoms with Gasteiger partial charge in [-0.25, -0.2) is 4.98 Å². The van der Waals surface area contributed by atoms with Crippen LogP contribution in [0.4, 0.5) is 0 Å². The fourth-order valence-corrected chi connectivity index (χ4v) is 2.54. The predicted octanol–water partition coefficient (Wildman–Crippen LogP) is 2.45. The van der Waals surface area contributed by atoms with Crippen molar-refractivity contribution in [3.63, 3.8) is 0 Å². The number of H-pyrrole nitrogens is 1. The largest absolute Gasteiger partial charge is 0.493 e. The highest BCUT2D eigenvalue weighted by Gasteiger charge is 2.15. The lowest BCUT2D eigenvalue weighted by atomic mass is 10.1. The first-order valence-electron chi connectivity index (χ1n) is 8.20. The molecule has 128 valence electrons. The van der Waals surface area contributed by atoms with Crippen LogP contribution in [0, 0.1) is 0 Å². The number of benzene rings is 1. The minimum absolute atomic E-state index is 0.162. The highest BCUT2D eigenvalue weighted by Crippen LogP contribution is 2.29. The summed E-state index contributed by atoms with van der Waals surface area (Å²) in [6, 6.07) is 4.90. The monoisotopic (exact) mass is 329 g/mol. The second-order valence-corrected chi connectivity index (χ2v) is 5.47. The number of nitrogens with two attached hydrogens (primary N) is 1. The molecule has 24 heavy (non-hydrogen) atoms. The fourth-order valence-electron chi connectivity index (χ4n) is 2.54. The van der Waals surface area contributed by atoms with Crippen LogP contribution in [0.3, 0.4) is 0 Å². The number of nitrogens with one attached hydrogen (secondary N) is 1. The van der Waals surface area contributed by atoms with Gasteiger partial charge in [0.15, 0.2) is 0 Å². The molecule has 1 aromatic carbocycles. The van der Waals surface area contributed by atoms with Gasteiger partial charge in [0, 0.05) is 11.1 Å². The van der Waals surface area contributed by atoms with Crippen LogP contribution < -0.4 is 16.0 Å².